The third-order valence-corrected chi connectivity index (χ3v) is 6.08. The molecule has 4 heterocycles. The Labute approximate surface area is 177 Å². The van der Waals surface area contributed by atoms with Gasteiger partial charge in [0.1, 0.15) is 17.7 Å². The number of anilines is 1. The van der Waals surface area contributed by atoms with Crippen LogP contribution in [-0.2, 0) is 13.6 Å². The summed E-state index contributed by atoms with van der Waals surface area (Å²) < 4.78 is 30.0. The quantitative estimate of drug-likeness (QED) is 0.501. The highest BCUT2D eigenvalue weighted by Gasteiger charge is 2.33. The van der Waals surface area contributed by atoms with Crippen molar-refractivity contribution in [1.29, 1.82) is 0 Å². The summed E-state index contributed by atoms with van der Waals surface area (Å²) in [4.78, 5) is 28.8. The van der Waals surface area contributed by atoms with Gasteiger partial charge in [-0.05, 0) is 38.0 Å². The number of hydrogen-bond acceptors (Lipinski definition) is 5. The molecule has 160 valence electrons. The molecule has 7 nitrogen and oxygen atoms in total. The smallest absolute Gasteiger partial charge is 0.261 e. The van der Waals surface area contributed by atoms with Crippen LogP contribution in [0.15, 0.2) is 41.5 Å². The SMILES string of the molecule is Cc1cc2ncnc(N3CCCC3c3nc4ccccc4c(=O)n3CC(F)F)c2n1C. The average molecular weight is 424 g/mol. The summed E-state index contributed by atoms with van der Waals surface area (Å²) in [6, 6.07) is 8.55. The maximum Gasteiger partial charge on any atom is 0.261 e. The van der Waals surface area contributed by atoms with Gasteiger partial charge in [0.05, 0.1) is 29.0 Å². The van der Waals surface area contributed by atoms with Gasteiger partial charge in [0.2, 0.25) is 0 Å². The third kappa shape index (κ3) is 3.15. The Morgan fingerprint density at radius 3 is 2.81 bits per heavy atom. The maximum atomic E-state index is 13.4. The van der Waals surface area contributed by atoms with Gasteiger partial charge in [0.15, 0.2) is 5.82 Å². The van der Waals surface area contributed by atoms with Crippen molar-refractivity contribution >= 4 is 27.8 Å². The highest BCUT2D eigenvalue weighted by molar-refractivity contribution is 5.88. The van der Waals surface area contributed by atoms with Crippen molar-refractivity contribution in [3.63, 3.8) is 0 Å². The van der Waals surface area contributed by atoms with Crippen LogP contribution in [0.1, 0.15) is 30.4 Å². The van der Waals surface area contributed by atoms with Crippen LogP contribution in [0.25, 0.3) is 21.9 Å². The molecule has 1 atom stereocenters. The lowest BCUT2D eigenvalue weighted by atomic mass is 10.1. The Balaban J connectivity index is 1.71. The van der Waals surface area contributed by atoms with E-state index in [1.54, 1.807) is 24.3 Å². The standard InChI is InChI=1S/C22H22F2N6O/c1-13-10-16-19(28(13)2)21(26-12-25-16)29-9-5-8-17(29)20-27-15-7-4-3-6-14(15)22(31)30(20)11-18(23)24/h3-4,6-7,10,12,17-18H,5,8-9,11H2,1-2H3. The first-order valence-corrected chi connectivity index (χ1v) is 10.3. The summed E-state index contributed by atoms with van der Waals surface area (Å²) >= 11 is 0. The van der Waals surface area contributed by atoms with Gasteiger partial charge in [0.25, 0.3) is 12.0 Å². The number of aromatic nitrogens is 5. The van der Waals surface area contributed by atoms with Crippen molar-refractivity contribution in [2.75, 3.05) is 11.4 Å². The van der Waals surface area contributed by atoms with E-state index in [0.717, 1.165) is 33.5 Å². The fourth-order valence-corrected chi connectivity index (χ4v) is 4.53. The summed E-state index contributed by atoms with van der Waals surface area (Å²) in [6.45, 7) is 2.01. The van der Waals surface area contributed by atoms with Gasteiger partial charge >= 0.3 is 0 Å². The van der Waals surface area contributed by atoms with Crippen LogP contribution in [0.5, 0.6) is 0 Å². The Bertz CT molecular complexity index is 1350. The van der Waals surface area contributed by atoms with E-state index in [9.17, 15) is 13.6 Å². The number of nitrogens with zero attached hydrogens (tertiary/aromatic N) is 6. The molecule has 1 unspecified atom stereocenters. The van der Waals surface area contributed by atoms with E-state index >= 15 is 0 Å². The third-order valence-electron chi connectivity index (χ3n) is 6.08. The molecule has 1 aliphatic heterocycles. The largest absolute Gasteiger partial charge is 0.345 e. The molecule has 1 aromatic carbocycles. The summed E-state index contributed by atoms with van der Waals surface area (Å²) in [5.41, 5.74) is 2.84. The lowest BCUT2D eigenvalue weighted by Gasteiger charge is -2.28. The topological polar surface area (TPSA) is 68.8 Å². The minimum atomic E-state index is -2.66. The number of hydrogen-bond donors (Lipinski definition) is 0. The molecule has 1 saturated heterocycles. The molecule has 0 saturated carbocycles. The molecular weight excluding hydrogens is 402 g/mol. The Kier molecular flexibility index (Phi) is 4.68. The second kappa shape index (κ2) is 7.40. The van der Waals surface area contributed by atoms with Gasteiger partial charge in [-0.3, -0.25) is 9.36 Å². The van der Waals surface area contributed by atoms with Crippen LogP contribution in [-0.4, -0.2) is 37.1 Å². The lowest BCUT2D eigenvalue weighted by molar-refractivity contribution is 0.123. The second-order valence-electron chi connectivity index (χ2n) is 7.92. The first kappa shape index (κ1) is 19.6. The number of fused-ring (bicyclic) bond motifs is 2. The van der Waals surface area contributed by atoms with Crippen molar-refractivity contribution in [3.05, 3.63) is 58.5 Å². The Morgan fingerprint density at radius 2 is 2.00 bits per heavy atom. The van der Waals surface area contributed by atoms with Gasteiger partial charge in [-0.2, -0.15) is 0 Å². The minimum Gasteiger partial charge on any atom is -0.345 e. The first-order valence-electron chi connectivity index (χ1n) is 10.3. The number of halogens is 2. The molecule has 0 bridgehead atoms. The van der Waals surface area contributed by atoms with Crippen LogP contribution in [0.3, 0.4) is 0 Å². The normalized spacial score (nSPS) is 16.8. The molecule has 0 amide bonds. The molecule has 0 radical (unpaired) electrons. The van der Waals surface area contributed by atoms with Crippen molar-refractivity contribution < 1.29 is 8.78 Å². The van der Waals surface area contributed by atoms with Gasteiger partial charge in [0, 0.05) is 19.3 Å². The van der Waals surface area contributed by atoms with Crippen molar-refractivity contribution in [3.8, 4) is 0 Å². The molecule has 4 aromatic rings. The van der Waals surface area contributed by atoms with Gasteiger partial charge < -0.3 is 9.47 Å². The van der Waals surface area contributed by atoms with Gasteiger partial charge in [-0.15, -0.1) is 0 Å². The van der Waals surface area contributed by atoms with Crippen molar-refractivity contribution in [2.24, 2.45) is 7.05 Å². The van der Waals surface area contributed by atoms with E-state index in [2.05, 4.69) is 14.9 Å². The summed E-state index contributed by atoms with van der Waals surface area (Å²) in [5, 5.41) is 0.346. The number of rotatable bonds is 4. The maximum absolute atomic E-state index is 13.4. The van der Waals surface area contributed by atoms with Crippen molar-refractivity contribution in [2.45, 2.75) is 38.8 Å². The Morgan fingerprint density at radius 1 is 1.19 bits per heavy atom. The van der Waals surface area contributed by atoms with Crippen LogP contribution in [0, 0.1) is 6.92 Å². The number of para-hydroxylation sites is 1. The van der Waals surface area contributed by atoms with Gasteiger partial charge in [-0.25, -0.2) is 23.7 Å². The molecule has 5 rings (SSSR count). The molecule has 0 aliphatic carbocycles. The zero-order chi connectivity index (χ0) is 21.7. The van der Waals surface area contributed by atoms with Crippen LogP contribution in [0.2, 0.25) is 0 Å². The molecule has 1 fully saturated rings. The first-order chi connectivity index (χ1) is 15.0. The molecule has 1 aliphatic rings. The van der Waals surface area contributed by atoms with E-state index in [0.29, 0.717) is 29.7 Å². The second-order valence-corrected chi connectivity index (χ2v) is 7.92. The van der Waals surface area contributed by atoms with Crippen molar-refractivity contribution in [1.82, 2.24) is 24.1 Å². The number of alkyl halides is 2. The van der Waals surface area contributed by atoms with Crippen LogP contribution < -0.4 is 10.5 Å². The Hall–Kier alpha value is -3.36. The molecule has 9 heteroatoms. The highest BCUT2D eigenvalue weighted by atomic mass is 19.3. The number of aryl methyl sites for hydroxylation is 2. The monoisotopic (exact) mass is 424 g/mol. The average Bonchev–Trinajstić information content (AvgIpc) is 3.34. The summed E-state index contributed by atoms with van der Waals surface area (Å²) in [6.07, 6.45) is 0.405. The van der Waals surface area contributed by atoms with Crippen LogP contribution >= 0.6 is 0 Å². The summed E-state index contributed by atoms with van der Waals surface area (Å²) in [7, 11) is 1.95. The van der Waals surface area contributed by atoms with Crippen LogP contribution in [0.4, 0.5) is 14.6 Å². The van der Waals surface area contributed by atoms with E-state index in [4.69, 9.17) is 4.98 Å². The van der Waals surface area contributed by atoms with E-state index in [1.165, 1.54) is 6.33 Å². The highest BCUT2D eigenvalue weighted by Crippen LogP contribution is 2.37. The predicted molar refractivity (Wildman–Crippen MR) is 115 cm³/mol. The molecule has 3 aromatic heterocycles. The molecular formula is C22H22F2N6O. The fourth-order valence-electron chi connectivity index (χ4n) is 4.53. The number of benzene rings is 1. The predicted octanol–water partition coefficient (Wildman–Crippen LogP) is 3.59. The van der Waals surface area contributed by atoms with E-state index < -0.39 is 18.5 Å². The van der Waals surface area contributed by atoms with Gasteiger partial charge in [-0.1, -0.05) is 12.1 Å². The fraction of sp³-hybridized carbons (Fsp3) is 0.364. The minimum absolute atomic E-state index is 0.329. The molecule has 0 N–H and O–H groups in total. The zero-order valence-electron chi connectivity index (χ0n) is 17.3. The molecule has 31 heavy (non-hydrogen) atoms. The molecule has 0 spiro atoms. The van der Waals surface area contributed by atoms with E-state index in [1.807, 2.05) is 24.6 Å². The van der Waals surface area contributed by atoms with E-state index in [-0.39, 0.29) is 6.04 Å². The zero-order valence-corrected chi connectivity index (χ0v) is 17.3. The summed E-state index contributed by atoms with van der Waals surface area (Å²) in [5.74, 6) is 1.09. The lowest BCUT2D eigenvalue weighted by Crippen LogP contribution is -2.34.